The van der Waals surface area contributed by atoms with Gasteiger partial charge in [0, 0.05) is 11.3 Å². The number of nitrogens with two attached hydrogens (primary N) is 1. The normalized spacial score (nSPS) is 10.6. The highest BCUT2D eigenvalue weighted by atomic mass is 16.1. The third-order valence-corrected chi connectivity index (χ3v) is 2.95. The van der Waals surface area contributed by atoms with Crippen molar-refractivity contribution in [3.05, 3.63) is 47.3 Å². The molecular formula is C14H17N3O. The predicted molar refractivity (Wildman–Crippen MR) is 70.8 cm³/mol. The minimum absolute atomic E-state index is 0.410. The number of carbonyl (C=O) groups excluding carboxylic acids is 1. The molecule has 1 aromatic carbocycles. The van der Waals surface area contributed by atoms with E-state index in [-0.39, 0.29) is 0 Å². The second-order valence-electron chi connectivity index (χ2n) is 4.16. The van der Waals surface area contributed by atoms with Crippen LogP contribution in [-0.2, 0) is 12.8 Å². The van der Waals surface area contributed by atoms with Gasteiger partial charge in [-0.1, -0.05) is 13.8 Å². The van der Waals surface area contributed by atoms with Gasteiger partial charge in [0.05, 0.1) is 11.4 Å². The Balaban J connectivity index is 2.41. The predicted octanol–water partition coefficient (Wildman–Crippen LogP) is 2.10. The number of aromatic nitrogens is 2. The summed E-state index contributed by atoms with van der Waals surface area (Å²) in [7, 11) is 0. The van der Waals surface area contributed by atoms with E-state index >= 15 is 0 Å². The van der Waals surface area contributed by atoms with Crippen LogP contribution in [0.15, 0.2) is 30.3 Å². The summed E-state index contributed by atoms with van der Waals surface area (Å²) >= 11 is 0. The average Bonchev–Trinajstić information content (AvgIpc) is 2.82. The Morgan fingerprint density at radius 2 is 1.89 bits per heavy atom. The van der Waals surface area contributed by atoms with Crippen molar-refractivity contribution in [3.63, 3.8) is 0 Å². The lowest BCUT2D eigenvalue weighted by Crippen LogP contribution is -2.11. The number of primary amides is 1. The van der Waals surface area contributed by atoms with E-state index in [0.29, 0.717) is 5.56 Å². The molecule has 1 heterocycles. The average molecular weight is 243 g/mol. The Labute approximate surface area is 106 Å². The minimum Gasteiger partial charge on any atom is -0.366 e. The molecule has 2 rings (SSSR count). The molecule has 1 aromatic heterocycles. The molecule has 0 saturated heterocycles. The number of nitrogens with zero attached hydrogens (tertiary/aromatic N) is 2. The van der Waals surface area contributed by atoms with Crippen molar-refractivity contribution in [2.45, 2.75) is 26.7 Å². The van der Waals surface area contributed by atoms with Crippen LogP contribution in [0.4, 0.5) is 0 Å². The molecule has 0 spiro atoms. The third kappa shape index (κ3) is 2.27. The standard InChI is InChI=1S/C14H17N3O/c1-3-11-9-12(4-2)17(16-11)13-7-5-10(6-8-13)14(15)18/h5-9H,3-4H2,1-2H3,(H2,15,18). The van der Waals surface area contributed by atoms with Gasteiger partial charge in [0.1, 0.15) is 0 Å². The van der Waals surface area contributed by atoms with Gasteiger partial charge in [-0.15, -0.1) is 0 Å². The van der Waals surface area contributed by atoms with E-state index in [2.05, 4.69) is 25.0 Å². The van der Waals surface area contributed by atoms with Crippen molar-refractivity contribution >= 4 is 5.91 Å². The van der Waals surface area contributed by atoms with Gasteiger partial charge in [-0.05, 0) is 43.2 Å². The highest BCUT2D eigenvalue weighted by Crippen LogP contribution is 2.14. The van der Waals surface area contributed by atoms with Gasteiger partial charge in [0.2, 0.25) is 5.91 Å². The summed E-state index contributed by atoms with van der Waals surface area (Å²) in [6, 6.07) is 9.30. The van der Waals surface area contributed by atoms with Gasteiger partial charge in [0.25, 0.3) is 0 Å². The lowest BCUT2D eigenvalue weighted by molar-refractivity contribution is 0.100. The van der Waals surface area contributed by atoms with E-state index in [0.717, 1.165) is 24.2 Å². The fourth-order valence-corrected chi connectivity index (χ4v) is 1.89. The smallest absolute Gasteiger partial charge is 0.248 e. The molecule has 0 atom stereocenters. The molecular weight excluding hydrogens is 226 g/mol. The number of rotatable bonds is 4. The first kappa shape index (κ1) is 12.4. The van der Waals surface area contributed by atoms with Crippen molar-refractivity contribution in [2.75, 3.05) is 0 Å². The zero-order chi connectivity index (χ0) is 13.1. The van der Waals surface area contributed by atoms with Crippen LogP contribution in [0.25, 0.3) is 5.69 Å². The third-order valence-electron chi connectivity index (χ3n) is 2.95. The molecule has 94 valence electrons. The Morgan fingerprint density at radius 1 is 1.22 bits per heavy atom. The van der Waals surface area contributed by atoms with Gasteiger partial charge in [-0.25, -0.2) is 4.68 Å². The van der Waals surface area contributed by atoms with Crippen LogP contribution in [0, 0.1) is 0 Å². The second kappa shape index (κ2) is 5.04. The SMILES string of the molecule is CCc1cc(CC)n(-c2ccc(C(N)=O)cc2)n1. The molecule has 0 unspecified atom stereocenters. The molecule has 2 N–H and O–H groups in total. The molecule has 0 radical (unpaired) electrons. The van der Waals surface area contributed by atoms with Crippen LogP contribution < -0.4 is 5.73 Å². The second-order valence-corrected chi connectivity index (χ2v) is 4.16. The van der Waals surface area contributed by atoms with E-state index in [1.807, 2.05) is 16.8 Å². The monoisotopic (exact) mass is 243 g/mol. The molecule has 2 aromatic rings. The van der Waals surface area contributed by atoms with Crippen LogP contribution in [0.3, 0.4) is 0 Å². The van der Waals surface area contributed by atoms with E-state index in [1.54, 1.807) is 12.1 Å². The maximum atomic E-state index is 11.0. The van der Waals surface area contributed by atoms with Crippen LogP contribution in [0.5, 0.6) is 0 Å². The summed E-state index contributed by atoms with van der Waals surface area (Å²) in [6.07, 6.45) is 1.84. The van der Waals surface area contributed by atoms with Crippen molar-refractivity contribution in [3.8, 4) is 5.69 Å². The van der Waals surface area contributed by atoms with Gasteiger partial charge >= 0.3 is 0 Å². The summed E-state index contributed by atoms with van der Waals surface area (Å²) in [4.78, 5) is 11.0. The molecule has 0 aliphatic heterocycles. The summed E-state index contributed by atoms with van der Waals surface area (Å²) in [6.45, 7) is 4.19. The molecule has 0 saturated carbocycles. The fourth-order valence-electron chi connectivity index (χ4n) is 1.89. The molecule has 0 fully saturated rings. The number of hydrogen-bond acceptors (Lipinski definition) is 2. The number of amides is 1. The zero-order valence-corrected chi connectivity index (χ0v) is 10.7. The van der Waals surface area contributed by atoms with Crippen LogP contribution in [-0.4, -0.2) is 15.7 Å². The lowest BCUT2D eigenvalue weighted by atomic mass is 10.2. The first-order valence-corrected chi connectivity index (χ1v) is 6.13. The summed E-state index contributed by atoms with van der Waals surface area (Å²) in [5.41, 5.74) is 8.93. The van der Waals surface area contributed by atoms with Gasteiger partial charge in [-0.3, -0.25) is 4.79 Å². The van der Waals surface area contributed by atoms with Crippen molar-refractivity contribution in [1.29, 1.82) is 0 Å². The maximum absolute atomic E-state index is 11.0. The molecule has 18 heavy (non-hydrogen) atoms. The van der Waals surface area contributed by atoms with E-state index in [1.165, 1.54) is 5.69 Å². The largest absolute Gasteiger partial charge is 0.366 e. The Kier molecular flexibility index (Phi) is 3.46. The molecule has 0 bridgehead atoms. The highest BCUT2D eigenvalue weighted by Gasteiger charge is 2.08. The van der Waals surface area contributed by atoms with Crippen molar-refractivity contribution in [2.24, 2.45) is 5.73 Å². The van der Waals surface area contributed by atoms with Crippen LogP contribution >= 0.6 is 0 Å². The Hall–Kier alpha value is -2.10. The molecule has 0 aliphatic carbocycles. The molecule has 1 amide bonds. The van der Waals surface area contributed by atoms with Crippen LogP contribution in [0.1, 0.15) is 35.6 Å². The fraction of sp³-hybridized carbons (Fsp3) is 0.286. The molecule has 0 aliphatic rings. The maximum Gasteiger partial charge on any atom is 0.248 e. The minimum atomic E-state index is -0.410. The number of benzene rings is 1. The van der Waals surface area contributed by atoms with Gasteiger partial charge in [0.15, 0.2) is 0 Å². The lowest BCUT2D eigenvalue weighted by Gasteiger charge is -2.06. The summed E-state index contributed by atoms with van der Waals surface area (Å²) in [5.74, 6) is -0.410. The van der Waals surface area contributed by atoms with E-state index in [9.17, 15) is 4.79 Å². The zero-order valence-electron chi connectivity index (χ0n) is 10.7. The van der Waals surface area contributed by atoms with Gasteiger partial charge in [-0.2, -0.15) is 5.10 Å². The van der Waals surface area contributed by atoms with Crippen molar-refractivity contribution < 1.29 is 4.79 Å². The highest BCUT2D eigenvalue weighted by molar-refractivity contribution is 5.92. The Morgan fingerprint density at radius 3 is 2.39 bits per heavy atom. The van der Waals surface area contributed by atoms with Gasteiger partial charge < -0.3 is 5.73 Å². The summed E-state index contributed by atoms with van der Waals surface area (Å²) < 4.78 is 1.92. The first-order chi connectivity index (χ1) is 8.65. The molecule has 4 nitrogen and oxygen atoms in total. The van der Waals surface area contributed by atoms with Crippen molar-refractivity contribution in [1.82, 2.24) is 9.78 Å². The Bertz CT molecular complexity index is 555. The number of carbonyl (C=O) groups is 1. The van der Waals surface area contributed by atoms with Crippen LogP contribution in [0.2, 0.25) is 0 Å². The quantitative estimate of drug-likeness (QED) is 0.893. The number of aryl methyl sites for hydroxylation is 2. The van der Waals surface area contributed by atoms with E-state index < -0.39 is 5.91 Å². The number of hydrogen-bond donors (Lipinski definition) is 1. The molecule has 4 heteroatoms. The van der Waals surface area contributed by atoms with E-state index in [4.69, 9.17) is 5.73 Å². The summed E-state index contributed by atoms with van der Waals surface area (Å²) in [5, 5.41) is 4.54. The topological polar surface area (TPSA) is 60.9 Å². The first-order valence-electron chi connectivity index (χ1n) is 6.13.